The maximum absolute atomic E-state index is 12.8. The van der Waals surface area contributed by atoms with Crippen molar-refractivity contribution in [3.05, 3.63) is 17.0 Å². The van der Waals surface area contributed by atoms with Gasteiger partial charge in [-0.1, -0.05) is 0 Å². The molecule has 7 heteroatoms. The smallest absolute Gasteiger partial charge is 0.286 e. The van der Waals surface area contributed by atoms with Gasteiger partial charge in [0.2, 0.25) is 0 Å². The fourth-order valence-electron chi connectivity index (χ4n) is 3.09. The van der Waals surface area contributed by atoms with E-state index >= 15 is 0 Å². The van der Waals surface area contributed by atoms with Crippen LogP contribution in [0.1, 0.15) is 35.1 Å². The number of nitrogens with one attached hydrogen (secondary N) is 1. The first-order valence-corrected chi connectivity index (χ1v) is 7.57. The van der Waals surface area contributed by atoms with Crippen LogP contribution >= 0.6 is 0 Å². The van der Waals surface area contributed by atoms with Crippen molar-refractivity contribution in [2.45, 2.75) is 38.9 Å². The topological polar surface area (TPSA) is 73.6 Å². The van der Waals surface area contributed by atoms with E-state index < -0.39 is 0 Å². The molecule has 21 heavy (non-hydrogen) atoms. The molecule has 1 aromatic rings. The van der Waals surface area contributed by atoms with Crippen molar-refractivity contribution in [2.75, 3.05) is 26.7 Å². The standard InChI is InChI=1S/C14H23N5O2/c1-10-8-12-11(9-15-10)13-14(21)17(2)18(4-3-7-20)5-6-19(13)16-12/h10,15,20H,3-9H2,1-2H3/t10-/m1/s1. The lowest BCUT2D eigenvalue weighted by atomic mass is 10.0. The molecule has 0 fully saturated rings. The van der Waals surface area contributed by atoms with Gasteiger partial charge in [0.25, 0.3) is 5.91 Å². The summed E-state index contributed by atoms with van der Waals surface area (Å²) >= 11 is 0. The predicted octanol–water partition coefficient (Wildman–Crippen LogP) is -0.398. The summed E-state index contributed by atoms with van der Waals surface area (Å²) in [7, 11) is 1.80. The zero-order valence-corrected chi connectivity index (χ0v) is 12.7. The Morgan fingerprint density at radius 2 is 2.24 bits per heavy atom. The number of hydrazine groups is 1. The van der Waals surface area contributed by atoms with E-state index in [1.807, 2.05) is 9.69 Å². The molecule has 116 valence electrons. The molecular weight excluding hydrogens is 270 g/mol. The second kappa shape index (κ2) is 5.75. The van der Waals surface area contributed by atoms with E-state index in [1.165, 1.54) is 0 Å². The van der Waals surface area contributed by atoms with E-state index in [0.29, 0.717) is 32.1 Å². The summed E-state index contributed by atoms with van der Waals surface area (Å²) in [4.78, 5) is 12.8. The summed E-state index contributed by atoms with van der Waals surface area (Å²) in [6.45, 7) is 5.11. The fourth-order valence-corrected chi connectivity index (χ4v) is 3.09. The van der Waals surface area contributed by atoms with Gasteiger partial charge in [0.05, 0.1) is 12.2 Å². The zero-order valence-electron chi connectivity index (χ0n) is 12.7. The summed E-state index contributed by atoms with van der Waals surface area (Å²) in [5.41, 5.74) is 2.83. The first-order valence-electron chi connectivity index (χ1n) is 7.57. The Bertz CT molecular complexity index is 542. The van der Waals surface area contributed by atoms with Crippen molar-refractivity contribution in [2.24, 2.45) is 0 Å². The van der Waals surface area contributed by atoms with Gasteiger partial charge in [0.15, 0.2) is 0 Å². The van der Waals surface area contributed by atoms with Gasteiger partial charge in [-0.2, -0.15) is 5.10 Å². The van der Waals surface area contributed by atoms with Crippen LogP contribution in [0.4, 0.5) is 0 Å². The van der Waals surface area contributed by atoms with Crippen LogP contribution in [0.25, 0.3) is 0 Å². The number of aromatic nitrogens is 2. The third-order valence-electron chi connectivity index (χ3n) is 4.33. The fraction of sp³-hybridized carbons (Fsp3) is 0.714. The van der Waals surface area contributed by atoms with Crippen LogP contribution < -0.4 is 5.32 Å². The molecule has 2 aliphatic heterocycles. The molecule has 1 amide bonds. The van der Waals surface area contributed by atoms with Crippen LogP contribution in [0, 0.1) is 0 Å². The number of carbonyl (C=O) groups is 1. The minimum absolute atomic E-state index is 0.00413. The Kier molecular flexibility index (Phi) is 3.97. The summed E-state index contributed by atoms with van der Waals surface area (Å²) in [6.07, 6.45) is 1.54. The predicted molar refractivity (Wildman–Crippen MR) is 77.6 cm³/mol. The minimum Gasteiger partial charge on any atom is -0.396 e. The Labute approximate surface area is 124 Å². The number of hydrogen-bond acceptors (Lipinski definition) is 5. The van der Waals surface area contributed by atoms with Gasteiger partial charge < -0.3 is 10.4 Å². The van der Waals surface area contributed by atoms with Crippen molar-refractivity contribution in [1.29, 1.82) is 0 Å². The SMILES string of the molecule is C[C@@H]1Cc2nn3c(c2CN1)C(=O)N(C)N(CCCO)CC3. The monoisotopic (exact) mass is 293 g/mol. The van der Waals surface area contributed by atoms with Crippen molar-refractivity contribution >= 4 is 5.91 Å². The molecule has 3 heterocycles. The molecule has 2 aliphatic rings. The third kappa shape index (κ3) is 2.56. The van der Waals surface area contributed by atoms with Crippen LogP contribution in [0.2, 0.25) is 0 Å². The van der Waals surface area contributed by atoms with E-state index in [4.69, 9.17) is 5.11 Å². The molecule has 0 aliphatic carbocycles. The van der Waals surface area contributed by atoms with Gasteiger partial charge in [-0.15, -0.1) is 0 Å². The maximum Gasteiger partial charge on any atom is 0.286 e. The van der Waals surface area contributed by atoms with E-state index in [9.17, 15) is 4.79 Å². The van der Waals surface area contributed by atoms with Gasteiger partial charge in [-0.3, -0.25) is 14.5 Å². The molecule has 0 unspecified atom stereocenters. The molecule has 1 aromatic heterocycles. The number of nitrogens with zero attached hydrogens (tertiary/aromatic N) is 4. The molecule has 2 N–H and O–H groups in total. The normalized spacial score (nSPS) is 22.9. The van der Waals surface area contributed by atoms with Crippen molar-refractivity contribution in [3.8, 4) is 0 Å². The number of hydrogen-bond donors (Lipinski definition) is 2. The quantitative estimate of drug-likeness (QED) is 0.793. The largest absolute Gasteiger partial charge is 0.396 e. The lowest BCUT2D eigenvalue weighted by molar-refractivity contribution is 0.00524. The average Bonchev–Trinajstić information content (AvgIpc) is 2.78. The lowest BCUT2D eigenvalue weighted by Gasteiger charge is -2.29. The first-order chi connectivity index (χ1) is 10.1. The van der Waals surface area contributed by atoms with Gasteiger partial charge in [-0.05, 0) is 13.3 Å². The highest BCUT2D eigenvalue weighted by Gasteiger charge is 2.32. The highest BCUT2D eigenvalue weighted by atomic mass is 16.3. The van der Waals surface area contributed by atoms with Crippen LogP contribution in [-0.4, -0.2) is 63.6 Å². The molecule has 7 nitrogen and oxygen atoms in total. The minimum atomic E-state index is -0.00413. The molecule has 0 spiro atoms. The summed E-state index contributed by atoms with van der Waals surface area (Å²) < 4.78 is 1.86. The number of aliphatic hydroxyl groups is 1. The highest BCUT2D eigenvalue weighted by Crippen LogP contribution is 2.23. The Balaban J connectivity index is 1.89. The molecule has 0 aromatic carbocycles. The Morgan fingerprint density at radius 3 is 3.00 bits per heavy atom. The zero-order chi connectivity index (χ0) is 15.0. The second-order valence-electron chi connectivity index (χ2n) is 5.84. The number of aliphatic hydroxyl groups excluding tert-OH is 1. The van der Waals surface area contributed by atoms with Crippen LogP contribution in [0.5, 0.6) is 0 Å². The van der Waals surface area contributed by atoms with Gasteiger partial charge >= 0.3 is 0 Å². The van der Waals surface area contributed by atoms with Crippen LogP contribution in [0.3, 0.4) is 0 Å². The van der Waals surface area contributed by atoms with Gasteiger partial charge in [0, 0.05) is 51.3 Å². The molecule has 1 atom stereocenters. The molecule has 0 saturated heterocycles. The number of amides is 1. The van der Waals surface area contributed by atoms with Crippen LogP contribution in [0.15, 0.2) is 0 Å². The maximum atomic E-state index is 12.8. The van der Waals surface area contributed by atoms with E-state index in [1.54, 1.807) is 12.1 Å². The summed E-state index contributed by atoms with van der Waals surface area (Å²) in [5.74, 6) is -0.00413. The van der Waals surface area contributed by atoms with Gasteiger partial charge in [0.1, 0.15) is 5.69 Å². The third-order valence-corrected chi connectivity index (χ3v) is 4.33. The molecule has 0 radical (unpaired) electrons. The van der Waals surface area contributed by atoms with Crippen molar-refractivity contribution < 1.29 is 9.90 Å². The molecule has 0 bridgehead atoms. The summed E-state index contributed by atoms with van der Waals surface area (Å²) in [5, 5.41) is 20.7. The molecule has 0 saturated carbocycles. The number of fused-ring (bicyclic) bond motifs is 3. The molecular formula is C14H23N5O2. The van der Waals surface area contributed by atoms with E-state index in [2.05, 4.69) is 17.3 Å². The van der Waals surface area contributed by atoms with Gasteiger partial charge in [-0.25, -0.2) is 5.01 Å². The van der Waals surface area contributed by atoms with Crippen LogP contribution in [-0.2, 0) is 19.5 Å². The molecule has 3 rings (SSSR count). The Hall–Kier alpha value is -1.44. The van der Waals surface area contributed by atoms with E-state index in [-0.39, 0.29) is 12.5 Å². The number of carbonyl (C=O) groups excluding carboxylic acids is 1. The summed E-state index contributed by atoms with van der Waals surface area (Å²) in [6, 6.07) is 0.408. The first kappa shape index (κ1) is 14.5. The lowest BCUT2D eigenvalue weighted by Crippen LogP contribution is -2.44. The average molecular weight is 293 g/mol. The van der Waals surface area contributed by atoms with Crippen molar-refractivity contribution in [1.82, 2.24) is 25.1 Å². The number of rotatable bonds is 3. The van der Waals surface area contributed by atoms with E-state index in [0.717, 1.165) is 29.9 Å². The Morgan fingerprint density at radius 1 is 1.43 bits per heavy atom. The van der Waals surface area contributed by atoms with Crippen molar-refractivity contribution in [3.63, 3.8) is 0 Å². The second-order valence-corrected chi connectivity index (χ2v) is 5.84. The highest BCUT2D eigenvalue weighted by molar-refractivity contribution is 5.94.